The number of aliphatic hydroxyl groups excluding tert-OH is 1. The number of ether oxygens (including phenoxy) is 1. The number of hydrogen-bond donors (Lipinski definition) is 2. The van der Waals surface area contributed by atoms with Crippen LogP contribution in [0.15, 0.2) is 12.2 Å². The van der Waals surface area contributed by atoms with Gasteiger partial charge in [0.1, 0.15) is 5.60 Å². The quantitative estimate of drug-likeness (QED) is 0.101. The van der Waals surface area contributed by atoms with Crippen molar-refractivity contribution in [3.63, 3.8) is 0 Å². The van der Waals surface area contributed by atoms with Gasteiger partial charge in [-0.2, -0.15) is 0 Å². The molecule has 0 bridgehead atoms. The predicted molar refractivity (Wildman–Crippen MR) is 172 cm³/mol. The van der Waals surface area contributed by atoms with Crippen LogP contribution in [0.4, 0.5) is 4.79 Å². The number of rotatable bonds is 17. The summed E-state index contributed by atoms with van der Waals surface area (Å²) in [7, 11) is -4.19. The summed E-state index contributed by atoms with van der Waals surface area (Å²) in [6, 6.07) is -0.356. The minimum atomic E-state index is -2.14. The maximum absolute atomic E-state index is 12.9. The molecule has 0 heterocycles. The molecule has 0 spiro atoms. The standard InChI is InChI=1S/C31H65NO5Si2/c1-29(2,3)36-28(34)32-26(25-35-38(10,11)30(4,5)6)27(37-39(12,13)31(7,8)9)23-21-19-17-15-14-16-18-20-22-24-33/h21,23,26-27,33H,14-20,22,24-25H2,1-13H3,(H,32,34)/b23-21+/t26-,27+/m0/s1. The van der Waals surface area contributed by atoms with E-state index in [4.69, 9.17) is 18.7 Å². The number of carbonyl (C=O) groups excluding carboxylic acids is 1. The highest BCUT2D eigenvalue weighted by atomic mass is 28.4. The van der Waals surface area contributed by atoms with Gasteiger partial charge in [0.15, 0.2) is 16.6 Å². The first-order chi connectivity index (χ1) is 17.6. The van der Waals surface area contributed by atoms with Crippen LogP contribution >= 0.6 is 0 Å². The Balaban J connectivity index is 5.74. The lowest BCUT2D eigenvalue weighted by molar-refractivity contribution is 0.0420. The number of unbranched alkanes of at least 4 members (excludes halogenated alkanes) is 7. The van der Waals surface area contributed by atoms with E-state index < -0.39 is 28.3 Å². The third-order valence-electron chi connectivity index (χ3n) is 8.12. The van der Waals surface area contributed by atoms with E-state index in [-0.39, 0.29) is 22.2 Å². The Morgan fingerprint density at radius 1 is 0.795 bits per heavy atom. The van der Waals surface area contributed by atoms with Crippen molar-refractivity contribution in [2.45, 2.75) is 168 Å². The predicted octanol–water partition coefficient (Wildman–Crippen LogP) is 8.96. The molecule has 1 amide bonds. The first kappa shape index (κ1) is 38.3. The number of hydrogen-bond acceptors (Lipinski definition) is 5. The van der Waals surface area contributed by atoms with Crippen molar-refractivity contribution in [1.29, 1.82) is 0 Å². The molecule has 6 nitrogen and oxygen atoms in total. The van der Waals surface area contributed by atoms with Gasteiger partial charge in [-0.25, -0.2) is 4.79 Å². The van der Waals surface area contributed by atoms with Crippen molar-refractivity contribution in [2.24, 2.45) is 0 Å². The second kappa shape index (κ2) is 16.7. The largest absolute Gasteiger partial charge is 0.444 e. The number of amides is 1. The van der Waals surface area contributed by atoms with Crippen molar-refractivity contribution in [1.82, 2.24) is 5.32 Å². The number of aliphatic hydroxyl groups is 1. The fourth-order valence-electron chi connectivity index (χ4n) is 3.45. The highest BCUT2D eigenvalue weighted by molar-refractivity contribution is 6.74. The van der Waals surface area contributed by atoms with Crippen LogP contribution < -0.4 is 5.32 Å². The Labute approximate surface area is 244 Å². The smallest absolute Gasteiger partial charge is 0.408 e. The zero-order valence-corrected chi connectivity index (χ0v) is 30.0. The number of carbonyl (C=O) groups is 1. The summed E-state index contributed by atoms with van der Waals surface area (Å²) in [6.07, 6.45) is 12.6. The fourth-order valence-corrected chi connectivity index (χ4v) is 5.76. The van der Waals surface area contributed by atoms with Gasteiger partial charge in [-0.1, -0.05) is 85.8 Å². The van der Waals surface area contributed by atoms with E-state index in [0.717, 1.165) is 25.7 Å². The molecule has 2 N–H and O–H groups in total. The Kier molecular flexibility index (Phi) is 16.4. The Bertz CT molecular complexity index is 718. The lowest BCUT2D eigenvalue weighted by Gasteiger charge is -2.42. The molecule has 8 heteroatoms. The highest BCUT2D eigenvalue weighted by Gasteiger charge is 2.42. The molecule has 0 aliphatic heterocycles. The number of allylic oxidation sites excluding steroid dienone is 1. The second-order valence-electron chi connectivity index (χ2n) is 15.1. The maximum Gasteiger partial charge on any atom is 0.408 e. The zero-order valence-electron chi connectivity index (χ0n) is 28.0. The van der Waals surface area contributed by atoms with Crippen LogP contribution in [0.1, 0.15) is 114 Å². The lowest BCUT2D eigenvalue weighted by atomic mass is 10.1. The van der Waals surface area contributed by atoms with Gasteiger partial charge in [-0.05, 0) is 76.3 Å². The van der Waals surface area contributed by atoms with Gasteiger partial charge in [-0.3, -0.25) is 0 Å². The molecule has 0 rings (SSSR count). The minimum absolute atomic E-state index is 0.0336. The molecule has 0 aromatic carbocycles. The van der Waals surface area contributed by atoms with Crippen LogP contribution in [0, 0.1) is 0 Å². The van der Waals surface area contributed by atoms with Crippen molar-refractivity contribution >= 4 is 22.7 Å². The van der Waals surface area contributed by atoms with Gasteiger partial charge in [0.2, 0.25) is 0 Å². The Morgan fingerprint density at radius 2 is 1.28 bits per heavy atom. The average molecular weight is 588 g/mol. The van der Waals surface area contributed by atoms with E-state index in [2.05, 4.69) is 85.2 Å². The molecule has 0 saturated heterocycles. The van der Waals surface area contributed by atoms with Crippen LogP contribution in [0.2, 0.25) is 36.3 Å². The van der Waals surface area contributed by atoms with E-state index in [0.29, 0.717) is 13.2 Å². The molecule has 0 saturated carbocycles. The fraction of sp³-hybridized carbons (Fsp3) is 0.903. The second-order valence-corrected chi connectivity index (χ2v) is 24.6. The van der Waals surface area contributed by atoms with Crippen molar-refractivity contribution in [3.05, 3.63) is 12.2 Å². The number of nitrogens with one attached hydrogen (secondary N) is 1. The molecule has 0 aliphatic carbocycles. The van der Waals surface area contributed by atoms with Crippen LogP contribution in [0.5, 0.6) is 0 Å². The van der Waals surface area contributed by atoms with Gasteiger partial charge in [0.05, 0.1) is 18.8 Å². The molecule has 0 fully saturated rings. The van der Waals surface area contributed by atoms with Crippen molar-refractivity contribution in [3.8, 4) is 0 Å². The molecule has 39 heavy (non-hydrogen) atoms. The topological polar surface area (TPSA) is 77.0 Å². The van der Waals surface area contributed by atoms with Gasteiger partial charge in [0.25, 0.3) is 0 Å². The molecule has 232 valence electrons. The van der Waals surface area contributed by atoms with Crippen molar-refractivity contribution in [2.75, 3.05) is 13.2 Å². The van der Waals surface area contributed by atoms with E-state index in [1.165, 1.54) is 25.7 Å². The minimum Gasteiger partial charge on any atom is -0.444 e. The first-order valence-electron chi connectivity index (χ1n) is 15.2. The van der Waals surface area contributed by atoms with Crippen LogP contribution in [-0.4, -0.2) is 58.8 Å². The molecule has 0 radical (unpaired) electrons. The molecular formula is C31H65NO5Si2. The van der Waals surface area contributed by atoms with Gasteiger partial charge >= 0.3 is 6.09 Å². The monoisotopic (exact) mass is 587 g/mol. The van der Waals surface area contributed by atoms with Crippen LogP contribution in [-0.2, 0) is 13.6 Å². The molecule has 2 atom stereocenters. The Morgan fingerprint density at radius 3 is 1.74 bits per heavy atom. The van der Waals surface area contributed by atoms with Gasteiger partial charge < -0.3 is 24.0 Å². The van der Waals surface area contributed by atoms with Crippen molar-refractivity contribution < 1.29 is 23.5 Å². The molecule has 0 aliphatic rings. The molecular weight excluding hydrogens is 523 g/mol. The molecule has 0 aromatic heterocycles. The van der Waals surface area contributed by atoms with E-state index in [1.807, 2.05) is 20.8 Å². The van der Waals surface area contributed by atoms with E-state index >= 15 is 0 Å². The summed E-state index contributed by atoms with van der Waals surface area (Å²) >= 11 is 0. The van der Waals surface area contributed by atoms with Gasteiger partial charge in [-0.15, -0.1) is 0 Å². The third-order valence-corrected chi connectivity index (χ3v) is 17.1. The van der Waals surface area contributed by atoms with E-state index in [9.17, 15) is 4.79 Å². The summed E-state index contributed by atoms with van der Waals surface area (Å²) < 4.78 is 19.2. The van der Waals surface area contributed by atoms with Crippen LogP contribution in [0.25, 0.3) is 0 Å². The lowest BCUT2D eigenvalue weighted by Crippen LogP contribution is -2.55. The van der Waals surface area contributed by atoms with Gasteiger partial charge in [0, 0.05) is 6.61 Å². The normalized spacial score (nSPS) is 15.4. The summed E-state index contributed by atoms with van der Waals surface area (Å²) in [5.74, 6) is 0. The van der Waals surface area contributed by atoms with Crippen LogP contribution in [0.3, 0.4) is 0 Å². The average Bonchev–Trinajstić information content (AvgIpc) is 2.74. The summed E-state index contributed by atoms with van der Waals surface area (Å²) in [5.41, 5.74) is -0.585. The molecule has 0 aromatic rings. The summed E-state index contributed by atoms with van der Waals surface area (Å²) in [4.78, 5) is 12.9. The SMILES string of the molecule is CC(C)(C)OC(=O)N[C@@H](CO[Si](C)(C)C(C)(C)C)[C@@H](/C=C/CCCCCCCCCO)O[Si](C)(C)C(C)(C)C. The Hall–Kier alpha value is -0.676. The number of alkyl carbamates (subject to hydrolysis) is 1. The van der Waals surface area contributed by atoms with E-state index in [1.54, 1.807) is 0 Å². The first-order valence-corrected chi connectivity index (χ1v) is 21.0. The zero-order chi connectivity index (χ0) is 30.5. The third kappa shape index (κ3) is 16.4. The highest BCUT2D eigenvalue weighted by Crippen LogP contribution is 2.39. The maximum atomic E-state index is 12.9. The summed E-state index contributed by atoms with van der Waals surface area (Å²) in [6.45, 7) is 28.7. The summed E-state index contributed by atoms with van der Waals surface area (Å²) in [5, 5.41) is 12.1. The molecule has 0 unspecified atom stereocenters.